The van der Waals surface area contributed by atoms with E-state index in [0.717, 1.165) is 43.5 Å². The molecule has 1 fully saturated rings. The number of pyridine rings is 1. The van der Waals surface area contributed by atoms with Gasteiger partial charge in [-0.15, -0.1) is 6.42 Å². The lowest BCUT2D eigenvalue weighted by atomic mass is 9.56. The molecule has 4 nitrogen and oxygen atoms in total. The summed E-state index contributed by atoms with van der Waals surface area (Å²) in [6.45, 7) is 1.89. The minimum atomic E-state index is -1.03. The second-order valence-corrected chi connectivity index (χ2v) is 10.3. The number of aliphatic hydroxyl groups is 1. The molecule has 1 heterocycles. The number of rotatable bonds is 4. The highest BCUT2D eigenvalue weighted by molar-refractivity contribution is 6.04. The van der Waals surface area contributed by atoms with Crippen LogP contribution in [0.15, 0.2) is 66.9 Å². The number of amides is 1. The SMILES string of the molecule is C#C[C@@]1(O)CC[C@]2(Cc3ccccc3)c3ccc(C(=O)Nc4cccnc4C)cc3CCC[C@@H]2C1. The normalized spacial score (nSPS) is 25.5. The lowest BCUT2D eigenvalue weighted by Gasteiger charge is -2.49. The van der Waals surface area contributed by atoms with Crippen LogP contribution < -0.4 is 5.32 Å². The first-order valence-corrected chi connectivity index (χ1v) is 12.5. The highest BCUT2D eigenvalue weighted by Crippen LogP contribution is 2.53. The number of nitrogens with zero attached hydrogens (tertiary/aromatic N) is 1. The van der Waals surface area contributed by atoms with Crippen molar-refractivity contribution >= 4 is 11.6 Å². The zero-order valence-electron chi connectivity index (χ0n) is 20.3. The van der Waals surface area contributed by atoms with Crippen LogP contribution in [0.3, 0.4) is 0 Å². The Bertz CT molecular complexity index is 1280. The van der Waals surface area contributed by atoms with Gasteiger partial charge in [0.1, 0.15) is 5.60 Å². The summed E-state index contributed by atoms with van der Waals surface area (Å²) < 4.78 is 0. The topological polar surface area (TPSA) is 62.2 Å². The van der Waals surface area contributed by atoms with E-state index in [1.807, 2.05) is 31.2 Å². The molecule has 2 aliphatic rings. The van der Waals surface area contributed by atoms with Crippen molar-refractivity contribution in [3.05, 3.63) is 94.8 Å². The summed E-state index contributed by atoms with van der Waals surface area (Å²) in [5, 5.41) is 14.0. The third-order valence-electron chi connectivity index (χ3n) is 8.14. The molecule has 2 aromatic carbocycles. The van der Waals surface area contributed by atoms with Gasteiger partial charge in [0.25, 0.3) is 5.91 Å². The number of hydrogen-bond acceptors (Lipinski definition) is 3. The van der Waals surface area contributed by atoms with Gasteiger partial charge in [-0.2, -0.15) is 0 Å². The number of carbonyl (C=O) groups excluding carboxylic acids is 1. The molecule has 0 unspecified atom stereocenters. The molecule has 3 aromatic rings. The molecule has 0 spiro atoms. The van der Waals surface area contributed by atoms with Crippen LogP contribution in [0.2, 0.25) is 0 Å². The number of anilines is 1. The number of carbonyl (C=O) groups is 1. The van der Waals surface area contributed by atoms with E-state index in [1.54, 1.807) is 6.20 Å². The molecule has 0 radical (unpaired) electrons. The molecule has 5 rings (SSSR count). The van der Waals surface area contributed by atoms with E-state index < -0.39 is 5.60 Å². The van der Waals surface area contributed by atoms with Gasteiger partial charge in [-0.05, 0) is 98.7 Å². The average molecular weight is 465 g/mol. The van der Waals surface area contributed by atoms with Gasteiger partial charge in [0, 0.05) is 17.2 Å². The van der Waals surface area contributed by atoms with Crippen LogP contribution in [0, 0.1) is 25.2 Å². The van der Waals surface area contributed by atoms with Crippen LogP contribution in [0.5, 0.6) is 0 Å². The van der Waals surface area contributed by atoms with Gasteiger partial charge in [0.15, 0.2) is 0 Å². The van der Waals surface area contributed by atoms with E-state index in [0.29, 0.717) is 18.4 Å². The van der Waals surface area contributed by atoms with Crippen LogP contribution in [0.1, 0.15) is 64.8 Å². The number of aryl methyl sites for hydroxylation is 2. The zero-order chi connectivity index (χ0) is 24.5. The minimum absolute atomic E-state index is 0.106. The van der Waals surface area contributed by atoms with E-state index in [-0.39, 0.29) is 17.2 Å². The fourth-order valence-electron chi connectivity index (χ4n) is 6.27. The second-order valence-electron chi connectivity index (χ2n) is 10.3. The first-order valence-electron chi connectivity index (χ1n) is 12.5. The Labute approximate surface area is 207 Å². The molecule has 4 heteroatoms. The summed E-state index contributed by atoms with van der Waals surface area (Å²) in [5.41, 5.74) is 4.91. The Balaban J connectivity index is 1.53. The van der Waals surface area contributed by atoms with Gasteiger partial charge in [0.2, 0.25) is 0 Å². The Morgan fingerprint density at radius 3 is 2.77 bits per heavy atom. The fraction of sp³-hybridized carbons (Fsp3) is 0.355. The molecule has 178 valence electrons. The average Bonchev–Trinajstić information content (AvgIpc) is 3.02. The molecule has 1 amide bonds. The van der Waals surface area contributed by atoms with Crippen molar-refractivity contribution < 1.29 is 9.90 Å². The third-order valence-corrected chi connectivity index (χ3v) is 8.14. The first kappa shape index (κ1) is 23.3. The van der Waals surface area contributed by atoms with Gasteiger partial charge in [-0.25, -0.2) is 0 Å². The van der Waals surface area contributed by atoms with Crippen molar-refractivity contribution in [1.29, 1.82) is 0 Å². The van der Waals surface area contributed by atoms with Gasteiger partial charge in [0.05, 0.1) is 11.4 Å². The molecular formula is C31H32N2O2. The summed E-state index contributed by atoms with van der Waals surface area (Å²) in [4.78, 5) is 17.4. The summed E-state index contributed by atoms with van der Waals surface area (Å²) in [6, 6.07) is 20.5. The van der Waals surface area contributed by atoms with E-state index in [9.17, 15) is 9.90 Å². The van der Waals surface area contributed by atoms with E-state index in [1.165, 1.54) is 16.7 Å². The van der Waals surface area contributed by atoms with E-state index >= 15 is 0 Å². The Morgan fingerprint density at radius 2 is 2.00 bits per heavy atom. The van der Waals surface area contributed by atoms with Crippen LogP contribution in [-0.4, -0.2) is 21.6 Å². The molecule has 2 N–H and O–H groups in total. The third kappa shape index (κ3) is 4.49. The molecule has 2 aliphatic carbocycles. The zero-order valence-corrected chi connectivity index (χ0v) is 20.3. The Hall–Kier alpha value is -3.42. The standard InChI is InChI=1S/C31H32N2O2/c1-3-30(35)16-17-31(20-23-9-5-4-6-10-23)26(21-30)12-7-11-24-19-25(14-15-27(24)31)29(34)33-28-13-8-18-32-22(28)2/h1,4-6,8-10,13-15,18-19,26,35H,7,11-12,16-17,20-21H2,2H3,(H,33,34)/t26-,30-,31-/m1/s1. The predicted octanol–water partition coefficient (Wildman–Crippen LogP) is 5.62. The second kappa shape index (κ2) is 9.32. The van der Waals surface area contributed by atoms with Gasteiger partial charge in [-0.3, -0.25) is 9.78 Å². The van der Waals surface area contributed by atoms with Crippen LogP contribution in [0.25, 0.3) is 0 Å². The van der Waals surface area contributed by atoms with Crippen molar-refractivity contribution in [1.82, 2.24) is 4.98 Å². The largest absolute Gasteiger partial charge is 0.378 e. The van der Waals surface area contributed by atoms with Crippen molar-refractivity contribution in [2.75, 3.05) is 5.32 Å². The molecular weight excluding hydrogens is 432 g/mol. The highest BCUT2D eigenvalue weighted by Gasteiger charge is 2.50. The summed E-state index contributed by atoms with van der Waals surface area (Å²) in [7, 11) is 0. The maximum Gasteiger partial charge on any atom is 0.255 e. The number of fused-ring (bicyclic) bond motifs is 3. The number of benzene rings is 2. The minimum Gasteiger partial charge on any atom is -0.378 e. The van der Waals surface area contributed by atoms with E-state index in [2.05, 4.69) is 52.6 Å². The van der Waals surface area contributed by atoms with Crippen molar-refractivity contribution in [3.63, 3.8) is 0 Å². The molecule has 1 saturated carbocycles. The van der Waals surface area contributed by atoms with Gasteiger partial charge < -0.3 is 10.4 Å². The predicted molar refractivity (Wildman–Crippen MR) is 139 cm³/mol. The van der Waals surface area contributed by atoms with Crippen LogP contribution in [-0.2, 0) is 18.3 Å². The van der Waals surface area contributed by atoms with Crippen molar-refractivity contribution in [3.8, 4) is 12.3 Å². The van der Waals surface area contributed by atoms with Crippen LogP contribution in [0.4, 0.5) is 5.69 Å². The Morgan fingerprint density at radius 1 is 1.17 bits per heavy atom. The molecule has 0 saturated heterocycles. The first-order chi connectivity index (χ1) is 16.9. The summed E-state index contributed by atoms with van der Waals surface area (Å²) >= 11 is 0. The number of nitrogens with one attached hydrogen (secondary N) is 1. The number of terminal acetylenes is 1. The maximum absolute atomic E-state index is 13.1. The van der Waals surface area contributed by atoms with Crippen molar-refractivity contribution in [2.45, 2.75) is 62.9 Å². The molecule has 0 aliphatic heterocycles. The quantitative estimate of drug-likeness (QED) is 0.493. The fourth-order valence-corrected chi connectivity index (χ4v) is 6.27. The molecule has 3 atom stereocenters. The smallest absolute Gasteiger partial charge is 0.255 e. The van der Waals surface area contributed by atoms with Gasteiger partial charge in [-0.1, -0.05) is 42.3 Å². The lowest BCUT2D eigenvalue weighted by molar-refractivity contribution is -0.00344. The maximum atomic E-state index is 13.1. The molecule has 0 bridgehead atoms. The molecule has 1 aromatic heterocycles. The number of aromatic nitrogens is 1. The monoisotopic (exact) mass is 464 g/mol. The Kier molecular flexibility index (Phi) is 6.21. The number of hydrogen-bond donors (Lipinski definition) is 2. The summed E-state index contributed by atoms with van der Waals surface area (Å²) in [5.74, 6) is 2.86. The van der Waals surface area contributed by atoms with Crippen LogP contribution >= 0.6 is 0 Å². The summed E-state index contributed by atoms with van der Waals surface area (Å²) in [6.07, 6.45) is 13.4. The van der Waals surface area contributed by atoms with Crippen molar-refractivity contribution in [2.24, 2.45) is 5.92 Å². The highest BCUT2D eigenvalue weighted by atomic mass is 16.3. The molecule has 35 heavy (non-hydrogen) atoms. The van der Waals surface area contributed by atoms with Gasteiger partial charge >= 0.3 is 0 Å². The lowest BCUT2D eigenvalue weighted by Crippen LogP contribution is -2.48. The van der Waals surface area contributed by atoms with E-state index in [4.69, 9.17) is 6.42 Å².